The first kappa shape index (κ1) is 15.9. The third-order valence-electron chi connectivity index (χ3n) is 3.92. The molecule has 0 saturated carbocycles. The van der Waals surface area contributed by atoms with Crippen LogP contribution in [-0.2, 0) is 6.54 Å². The summed E-state index contributed by atoms with van der Waals surface area (Å²) in [5.41, 5.74) is 1.99. The van der Waals surface area contributed by atoms with Crippen LogP contribution < -0.4 is 5.56 Å². The van der Waals surface area contributed by atoms with Gasteiger partial charge in [-0.1, -0.05) is 41.4 Å². The number of hydrogen-bond acceptors (Lipinski definition) is 3. The fourth-order valence-corrected chi connectivity index (χ4v) is 2.96. The van der Waals surface area contributed by atoms with E-state index in [1.807, 2.05) is 30.3 Å². The van der Waals surface area contributed by atoms with Crippen LogP contribution in [0.3, 0.4) is 0 Å². The number of fused-ring (bicyclic) bond motifs is 1. The number of hydrogen-bond donors (Lipinski definition) is 0. The first-order chi connectivity index (χ1) is 12.1. The predicted octanol–water partition coefficient (Wildman–Crippen LogP) is 3.94. The summed E-state index contributed by atoms with van der Waals surface area (Å²) in [7, 11) is 0. The maximum absolute atomic E-state index is 12.7. The lowest BCUT2D eigenvalue weighted by Gasteiger charge is -2.08. The van der Waals surface area contributed by atoms with Crippen molar-refractivity contribution in [2.45, 2.75) is 6.54 Å². The summed E-state index contributed by atoms with van der Waals surface area (Å²) in [4.78, 5) is 17.2. The molecule has 0 saturated heterocycles. The fraction of sp³-hybridized carbons (Fsp3) is 0.0556. The quantitative estimate of drug-likeness (QED) is 0.548. The lowest BCUT2D eigenvalue weighted by atomic mass is 10.2. The Morgan fingerprint density at radius 2 is 1.76 bits per heavy atom. The Balaban J connectivity index is 1.78. The molecule has 0 unspecified atom stereocenters. The van der Waals surface area contributed by atoms with Crippen molar-refractivity contribution in [3.63, 3.8) is 0 Å². The predicted molar refractivity (Wildman–Crippen MR) is 98.7 cm³/mol. The third-order valence-corrected chi connectivity index (χ3v) is 4.54. The van der Waals surface area contributed by atoms with Crippen molar-refractivity contribution in [1.82, 2.24) is 19.3 Å². The van der Waals surface area contributed by atoms with E-state index in [4.69, 9.17) is 23.2 Å². The van der Waals surface area contributed by atoms with E-state index in [1.54, 1.807) is 22.9 Å². The van der Waals surface area contributed by atoms with Crippen LogP contribution in [0.4, 0.5) is 0 Å². The van der Waals surface area contributed by atoms with Crippen molar-refractivity contribution < 1.29 is 0 Å². The van der Waals surface area contributed by atoms with Gasteiger partial charge >= 0.3 is 0 Å². The van der Waals surface area contributed by atoms with E-state index in [0.717, 1.165) is 11.3 Å². The number of halogens is 2. The molecule has 0 aliphatic heterocycles. The molecule has 0 atom stereocenters. The van der Waals surface area contributed by atoms with E-state index in [1.165, 1.54) is 17.1 Å². The van der Waals surface area contributed by atoms with Crippen LogP contribution in [0.15, 0.2) is 65.8 Å². The molecule has 5 nitrogen and oxygen atoms in total. The number of benzene rings is 2. The van der Waals surface area contributed by atoms with Gasteiger partial charge in [-0.3, -0.25) is 9.36 Å². The van der Waals surface area contributed by atoms with Crippen LogP contribution in [0.2, 0.25) is 10.0 Å². The smallest absolute Gasteiger partial charge is 0.264 e. The number of nitrogens with zero attached hydrogens (tertiary/aromatic N) is 4. The fourth-order valence-electron chi connectivity index (χ4n) is 2.64. The first-order valence-electron chi connectivity index (χ1n) is 7.56. The Bertz CT molecular complexity index is 1120. The zero-order valence-electron chi connectivity index (χ0n) is 12.9. The van der Waals surface area contributed by atoms with Crippen molar-refractivity contribution in [2.24, 2.45) is 0 Å². The largest absolute Gasteiger partial charge is 0.294 e. The zero-order valence-corrected chi connectivity index (χ0v) is 14.4. The Morgan fingerprint density at radius 3 is 2.52 bits per heavy atom. The van der Waals surface area contributed by atoms with Crippen LogP contribution in [0, 0.1) is 0 Å². The topological polar surface area (TPSA) is 52.7 Å². The highest BCUT2D eigenvalue weighted by atomic mass is 35.5. The van der Waals surface area contributed by atoms with E-state index >= 15 is 0 Å². The van der Waals surface area contributed by atoms with Gasteiger partial charge in [-0.25, -0.2) is 9.67 Å². The normalized spacial score (nSPS) is 11.1. The van der Waals surface area contributed by atoms with Crippen molar-refractivity contribution in [2.75, 3.05) is 0 Å². The average Bonchev–Trinajstić information content (AvgIpc) is 3.05. The highest BCUT2D eigenvalue weighted by Crippen LogP contribution is 2.18. The average molecular weight is 371 g/mol. The molecule has 25 heavy (non-hydrogen) atoms. The first-order valence-corrected chi connectivity index (χ1v) is 8.31. The second-order valence-corrected chi connectivity index (χ2v) is 6.38. The highest BCUT2D eigenvalue weighted by molar-refractivity contribution is 6.31. The molecule has 4 rings (SSSR count). The molecule has 124 valence electrons. The van der Waals surface area contributed by atoms with Crippen molar-refractivity contribution in [3.05, 3.63) is 87.0 Å². The SMILES string of the molecule is O=c1c2cnn(-c3ccc(Cl)cc3)c2ncn1Cc1ccccc1Cl. The minimum Gasteiger partial charge on any atom is -0.294 e. The standard InChI is InChI=1S/C18H12Cl2N4O/c19-13-5-7-14(8-6-13)24-17-15(9-22-24)18(25)23(11-21-17)10-12-3-1-2-4-16(12)20/h1-9,11H,10H2. The summed E-state index contributed by atoms with van der Waals surface area (Å²) in [6.45, 7) is 0.355. The minimum absolute atomic E-state index is 0.162. The Kier molecular flexibility index (Phi) is 4.03. The van der Waals surface area contributed by atoms with E-state index in [-0.39, 0.29) is 5.56 Å². The molecule has 0 fully saturated rings. The second-order valence-electron chi connectivity index (χ2n) is 5.54. The van der Waals surface area contributed by atoms with Gasteiger partial charge in [0.2, 0.25) is 0 Å². The van der Waals surface area contributed by atoms with Gasteiger partial charge in [0, 0.05) is 10.0 Å². The van der Waals surface area contributed by atoms with E-state index in [0.29, 0.717) is 27.6 Å². The minimum atomic E-state index is -0.162. The molecule has 0 spiro atoms. The molecule has 0 bridgehead atoms. The molecule has 0 amide bonds. The van der Waals surface area contributed by atoms with Gasteiger partial charge in [-0.15, -0.1) is 0 Å². The van der Waals surface area contributed by atoms with E-state index in [2.05, 4.69) is 10.1 Å². The number of rotatable bonds is 3. The molecule has 4 aromatic rings. The molecule has 7 heteroatoms. The maximum atomic E-state index is 12.7. The van der Waals surface area contributed by atoms with Crippen molar-refractivity contribution in [1.29, 1.82) is 0 Å². The lowest BCUT2D eigenvalue weighted by Crippen LogP contribution is -2.21. The Hall–Kier alpha value is -2.63. The summed E-state index contributed by atoms with van der Waals surface area (Å²) >= 11 is 12.1. The molecular formula is C18H12Cl2N4O. The molecule has 0 radical (unpaired) electrons. The number of aromatic nitrogens is 4. The van der Waals surface area contributed by atoms with E-state index in [9.17, 15) is 4.79 Å². The van der Waals surface area contributed by atoms with Crippen LogP contribution in [0.25, 0.3) is 16.7 Å². The molecular weight excluding hydrogens is 359 g/mol. The van der Waals surface area contributed by atoms with Gasteiger partial charge in [0.05, 0.1) is 18.4 Å². The van der Waals surface area contributed by atoms with Crippen LogP contribution in [0.5, 0.6) is 0 Å². The summed E-state index contributed by atoms with van der Waals surface area (Å²) in [5.74, 6) is 0. The molecule has 0 N–H and O–H groups in total. The Morgan fingerprint density at radius 1 is 1.00 bits per heavy atom. The molecule has 2 aromatic carbocycles. The third kappa shape index (κ3) is 2.92. The van der Waals surface area contributed by atoms with Gasteiger partial charge < -0.3 is 0 Å². The zero-order chi connectivity index (χ0) is 17.4. The molecule has 0 aliphatic rings. The Labute approximate surface area is 153 Å². The van der Waals surface area contributed by atoms with Gasteiger partial charge in [-0.05, 0) is 35.9 Å². The highest BCUT2D eigenvalue weighted by Gasteiger charge is 2.12. The maximum Gasteiger partial charge on any atom is 0.264 e. The summed E-state index contributed by atoms with van der Waals surface area (Å²) in [5, 5.41) is 5.99. The molecule has 2 aromatic heterocycles. The second kappa shape index (κ2) is 6.35. The summed E-state index contributed by atoms with van der Waals surface area (Å²) < 4.78 is 3.14. The van der Waals surface area contributed by atoms with Crippen molar-refractivity contribution in [3.8, 4) is 5.69 Å². The van der Waals surface area contributed by atoms with Crippen molar-refractivity contribution >= 4 is 34.2 Å². The molecule has 2 heterocycles. The van der Waals surface area contributed by atoms with E-state index < -0.39 is 0 Å². The lowest BCUT2D eigenvalue weighted by molar-refractivity contribution is 0.745. The summed E-state index contributed by atoms with van der Waals surface area (Å²) in [6, 6.07) is 14.6. The monoisotopic (exact) mass is 370 g/mol. The van der Waals surface area contributed by atoms with Gasteiger partial charge in [0.25, 0.3) is 5.56 Å². The summed E-state index contributed by atoms with van der Waals surface area (Å²) in [6.07, 6.45) is 3.05. The van der Waals surface area contributed by atoms with Crippen LogP contribution >= 0.6 is 23.2 Å². The molecule has 0 aliphatic carbocycles. The van der Waals surface area contributed by atoms with Gasteiger partial charge in [-0.2, -0.15) is 5.10 Å². The van der Waals surface area contributed by atoms with Gasteiger partial charge in [0.15, 0.2) is 5.65 Å². The van der Waals surface area contributed by atoms with Crippen LogP contribution in [0.1, 0.15) is 5.56 Å². The van der Waals surface area contributed by atoms with Gasteiger partial charge in [0.1, 0.15) is 11.7 Å². The van der Waals surface area contributed by atoms with Crippen LogP contribution in [-0.4, -0.2) is 19.3 Å².